The van der Waals surface area contributed by atoms with E-state index in [1.165, 1.54) is 24.3 Å². The number of hydrogen-bond acceptors (Lipinski definition) is 10. The van der Waals surface area contributed by atoms with Crippen LogP contribution in [0.3, 0.4) is 0 Å². The first-order valence-corrected chi connectivity index (χ1v) is 24.6. The minimum atomic E-state index is -0.833. The fourth-order valence-corrected chi connectivity index (χ4v) is 9.02. The third-order valence-corrected chi connectivity index (χ3v) is 12.6. The van der Waals surface area contributed by atoms with Gasteiger partial charge in [0.15, 0.2) is 0 Å². The predicted molar refractivity (Wildman–Crippen MR) is 288 cm³/mol. The van der Waals surface area contributed by atoms with E-state index in [-0.39, 0.29) is 55.3 Å². The molecule has 0 aliphatic carbocycles. The maximum Gasteiger partial charge on any atom is 0.300 e. The zero-order valence-electron chi connectivity index (χ0n) is 42.7. The van der Waals surface area contributed by atoms with E-state index in [0.29, 0.717) is 21.6 Å². The van der Waals surface area contributed by atoms with Gasteiger partial charge in [0.05, 0.1) is 66.2 Å². The van der Waals surface area contributed by atoms with Crippen LogP contribution in [0.1, 0.15) is 85.5 Å². The first-order chi connectivity index (χ1) is 35.9. The van der Waals surface area contributed by atoms with Crippen LogP contribution in [0, 0.1) is 25.5 Å². The molecule has 4 aromatic heterocycles. The van der Waals surface area contributed by atoms with Crippen LogP contribution in [0.5, 0.6) is 11.5 Å². The second-order valence-corrected chi connectivity index (χ2v) is 18.4. The van der Waals surface area contributed by atoms with Crippen molar-refractivity contribution >= 4 is 44.9 Å². The summed E-state index contributed by atoms with van der Waals surface area (Å²) in [6.45, 7) is 6.04. The van der Waals surface area contributed by atoms with Crippen LogP contribution in [-0.2, 0) is 42.9 Å². The van der Waals surface area contributed by atoms with Crippen molar-refractivity contribution < 1.29 is 58.5 Å². The van der Waals surface area contributed by atoms with Crippen molar-refractivity contribution in [3.8, 4) is 22.9 Å². The largest absolute Gasteiger partial charge is 0.494 e. The Bertz CT molecular complexity index is 3340. The number of nitrogens with zero attached hydrogens (tertiary/aromatic N) is 6. The van der Waals surface area contributed by atoms with Gasteiger partial charge in [-0.1, -0.05) is 24.3 Å². The number of aliphatic carboxylic acids is 2. The van der Waals surface area contributed by atoms with Crippen molar-refractivity contribution in [2.75, 3.05) is 25.3 Å². The number of anilines is 3. The standard InChI is InChI=1S/C26H25FN4O2.C15H13BrFNO.C11H13N3O.2C2H4O2.Pd/c1-17-15-30(16-28-17)24-13-10-20(14-25(24)33-2)29-22-12-11-21-4-3-5-23(31(21)26(22)32)18-6-8-19(27)9-7-18;16-13-9-8-12-2-1-3-14(18(12)15(13)19)10-4-6-11(17)7-5-10;1-8-6-14(7-13-8)10-4-3-9(12)5-11(10)15-2;2*1-2(3)4;/h6-16,23,29H,3-5H2,1-2H3;4-9,14H,1-3H2;3-7H,12H2,1-2H3;2*1H3,(H,3,4);. The molecule has 0 saturated heterocycles. The molecule has 6 heterocycles. The second-order valence-electron chi connectivity index (χ2n) is 17.5. The van der Waals surface area contributed by atoms with E-state index in [1.54, 1.807) is 63.3 Å². The quantitative estimate of drug-likeness (QED) is 0.0827. The number of imidazole rings is 2. The summed E-state index contributed by atoms with van der Waals surface area (Å²) in [6, 6.07) is 31.7. The summed E-state index contributed by atoms with van der Waals surface area (Å²) < 4.78 is 45.4. The second kappa shape index (κ2) is 27.8. The molecule has 0 bridgehead atoms. The summed E-state index contributed by atoms with van der Waals surface area (Å²) in [5.74, 6) is -0.783. The van der Waals surface area contributed by atoms with Crippen LogP contribution in [0.25, 0.3) is 11.4 Å². The number of hydrogen-bond donors (Lipinski definition) is 4. The van der Waals surface area contributed by atoms with Crippen LogP contribution in [0.4, 0.5) is 25.8 Å². The molecule has 16 nitrogen and oxygen atoms in total. The van der Waals surface area contributed by atoms with Crippen molar-refractivity contribution in [2.45, 2.75) is 78.3 Å². The van der Waals surface area contributed by atoms with E-state index in [4.69, 9.17) is 35.0 Å². The van der Waals surface area contributed by atoms with Crippen LogP contribution < -0.4 is 31.6 Å². The molecule has 0 radical (unpaired) electrons. The molecule has 76 heavy (non-hydrogen) atoms. The number of aromatic nitrogens is 6. The molecule has 2 aliphatic rings. The van der Waals surface area contributed by atoms with Crippen molar-refractivity contribution in [1.29, 1.82) is 0 Å². The van der Waals surface area contributed by atoms with Gasteiger partial charge in [0.25, 0.3) is 23.1 Å². The van der Waals surface area contributed by atoms with E-state index in [2.05, 4.69) is 31.2 Å². The number of carbonyl (C=O) groups is 2. The van der Waals surface area contributed by atoms with Crippen molar-refractivity contribution in [2.24, 2.45) is 0 Å². The maximum absolute atomic E-state index is 13.5. The minimum absolute atomic E-state index is 0. The van der Waals surface area contributed by atoms with Crippen molar-refractivity contribution in [3.05, 3.63) is 205 Å². The Balaban J connectivity index is 0.000000210. The maximum atomic E-state index is 13.5. The molecule has 2 aliphatic heterocycles. The van der Waals surface area contributed by atoms with E-state index in [9.17, 15) is 18.4 Å². The van der Waals surface area contributed by atoms with Gasteiger partial charge in [-0.3, -0.25) is 19.2 Å². The van der Waals surface area contributed by atoms with Gasteiger partial charge in [-0.05, 0) is 152 Å². The van der Waals surface area contributed by atoms with Gasteiger partial charge < -0.3 is 49.0 Å². The molecule has 20 heteroatoms. The predicted octanol–water partition coefficient (Wildman–Crippen LogP) is 10.8. The number of aryl methyl sites for hydroxylation is 4. The molecule has 0 saturated carbocycles. The fourth-order valence-electron chi connectivity index (χ4n) is 8.69. The number of carboxylic acids is 2. The van der Waals surface area contributed by atoms with E-state index >= 15 is 0 Å². The van der Waals surface area contributed by atoms with E-state index in [1.807, 2.05) is 93.0 Å². The van der Waals surface area contributed by atoms with Crippen LogP contribution in [0.2, 0.25) is 0 Å². The molecule has 0 fully saturated rings. The van der Waals surface area contributed by atoms with Gasteiger partial charge >= 0.3 is 0 Å². The Hall–Kier alpha value is -7.66. The number of fused-ring (bicyclic) bond motifs is 2. The van der Waals surface area contributed by atoms with Gasteiger partial charge in [0.1, 0.15) is 28.8 Å². The molecule has 0 spiro atoms. The van der Waals surface area contributed by atoms with Crippen molar-refractivity contribution in [1.82, 2.24) is 28.2 Å². The fraction of sp³-hybridized carbons (Fsp3) is 0.250. The molecule has 2 unspecified atom stereocenters. The zero-order valence-corrected chi connectivity index (χ0v) is 45.8. The number of halogens is 3. The van der Waals surface area contributed by atoms with Gasteiger partial charge in [-0.2, -0.15) is 0 Å². The number of nitrogens with two attached hydrogens (primary N) is 1. The first-order valence-electron chi connectivity index (χ1n) is 23.8. The number of nitrogens with one attached hydrogen (secondary N) is 1. The Morgan fingerprint density at radius 3 is 1.54 bits per heavy atom. The number of ether oxygens (including phenoxy) is 2. The summed E-state index contributed by atoms with van der Waals surface area (Å²) in [5, 5.41) is 18.1. The van der Waals surface area contributed by atoms with Gasteiger partial charge in [0.2, 0.25) is 0 Å². The molecule has 5 N–H and O–H groups in total. The smallest absolute Gasteiger partial charge is 0.300 e. The summed E-state index contributed by atoms with van der Waals surface area (Å²) in [7, 11) is 3.25. The van der Waals surface area contributed by atoms with Gasteiger partial charge in [-0.15, -0.1) is 0 Å². The summed E-state index contributed by atoms with van der Waals surface area (Å²) in [6.07, 6.45) is 12.9. The van der Waals surface area contributed by atoms with Crippen molar-refractivity contribution in [3.63, 3.8) is 0 Å². The first kappa shape index (κ1) is 59.2. The molecular weight excluding hydrogens is 1140 g/mol. The Labute approximate surface area is 460 Å². The molecule has 4 aromatic carbocycles. The van der Waals surface area contributed by atoms with Crippen LogP contribution in [-0.4, -0.2) is 64.6 Å². The summed E-state index contributed by atoms with van der Waals surface area (Å²) in [4.78, 5) is 52.2. The number of carboxylic acid groups (broad SMARTS) is 2. The summed E-state index contributed by atoms with van der Waals surface area (Å²) in [5.41, 5.74) is 15.2. The molecule has 2 atom stereocenters. The number of rotatable bonds is 8. The number of nitrogen functional groups attached to an aromatic ring is 1. The summed E-state index contributed by atoms with van der Waals surface area (Å²) >= 11 is 3.29. The Morgan fingerprint density at radius 1 is 0.658 bits per heavy atom. The topological polar surface area (TPSA) is 211 Å². The number of benzene rings is 4. The monoisotopic (exact) mass is 1190 g/mol. The zero-order chi connectivity index (χ0) is 54.3. The van der Waals surface area contributed by atoms with Gasteiger partial charge in [-0.25, -0.2) is 18.7 Å². The molecule has 10 rings (SSSR count). The molecule has 402 valence electrons. The molecule has 0 amide bonds. The van der Waals surface area contributed by atoms with E-state index < -0.39 is 11.9 Å². The molecule has 8 aromatic rings. The van der Waals surface area contributed by atoms with Crippen LogP contribution >= 0.6 is 15.9 Å². The SMILES string of the molecule is CC(=O)O.CC(=O)O.COc1cc(N)ccc1-n1cnc(C)c1.COc1cc(Nc2ccc3n(c2=O)C(c2ccc(F)cc2)CCC3)ccc1-n1cnc(C)c1.O=c1c(Br)ccc2n1C(c1ccc(F)cc1)CCC2.[Pd]. The minimum Gasteiger partial charge on any atom is -0.494 e. The van der Waals surface area contributed by atoms with Gasteiger partial charge in [0, 0.05) is 81.6 Å². The number of methoxy groups -OCH3 is 2. The number of pyridine rings is 2. The average Bonchev–Trinajstić information content (AvgIpc) is 4.03. The molecular formula is C56H59BrF2N8O8Pd. The van der Waals surface area contributed by atoms with E-state index in [0.717, 1.165) is 109 Å². The average molecular weight is 1200 g/mol. The third kappa shape index (κ3) is 15.7. The normalized spacial score (nSPS) is 13.8. The Kier molecular flexibility index (Phi) is 21.6. The Morgan fingerprint density at radius 2 is 1.09 bits per heavy atom. The third-order valence-electron chi connectivity index (χ3n) is 12.0. The van der Waals surface area contributed by atoms with Crippen LogP contribution in [0.15, 0.2) is 148 Å².